The maximum Gasteiger partial charge on any atom is 0.218 e. The molecule has 0 saturated carbocycles. The van der Waals surface area contributed by atoms with E-state index in [1.54, 1.807) is 41.7 Å². The summed E-state index contributed by atoms with van der Waals surface area (Å²) in [5.74, 6) is -0.565. The molecule has 4 aromatic rings. The number of hydrogen-bond acceptors (Lipinski definition) is 6. The molecule has 0 aliphatic carbocycles. The van der Waals surface area contributed by atoms with Gasteiger partial charge in [-0.25, -0.2) is 4.39 Å². The second-order valence-corrected chi connectivity index (χ2v) is 10.5. The summed E-state index contributed by atoms with van der Waals surface area (Å²) in [7, 11) is 3.68. The summed E-state index contributed by atoms with van der Waals surface area (Å²) in [6.45, 7) is 7.64. The number of hydrogen-bond donors (Lipinski definition) is 3. The van der Waals surface area contributed by atoms with E-state index in [-0.39, 0.29) is 10.8 Å². The number of aromatic amines is 1. The molecular formula is C31H36ClFN6O2. The van der Waals surface area contributed by atoms with Crippen LogP contribution < -0.4 is 15.1 Å². The first-order valence-electron chi connectivity index (χ1n) is 13.6. The predicted molar refractivity (Wildman–Crippen MR) is 166 cm³/mol. The SMILES string of the molecule is CCC.CN(C)/C=C\N(C=O)c1ccc(-c2cc(F)cc(-c3cc(N4CCNCC4)c4cn[nH]c4c3)c2O)cc1Cl. The van der Waals surface area contributed by atoms with E-state index in [9.17, 15) is 14.3 Å². The highest BCUT2D eigenvalue weighted by atomic mass is 35.5. The number of halogens is 2. The lowest BCUT2D eigenvalue weighted by Gasteiger charge is -2.30. The van der Waals surface area contributed by atoms with Crippen molar-refractivity contribution in [1.82, 2.24) is 20.4 Å². The standard InChI is InChI=1S/C28H28ClFN6O2.C3H8/c1-34(2)9-10-36(17-37)26-4-3-18(11-24(26)29)21-14-20(30)15-22(28(21)38)19-12-25-23(16-32-33-25)27(13-19)35-7-5-31-6-8-35;1-3-2/h3-4,9-17,31,38H,5-8H2,1-2H3,(H,32,33);3H2,1-2H3/b10-9-;. The van der Waals surface area contributed by atoms with Crippen LogP contribution in [-0.2, 0) is 4.79 Å². The molecule has 1 aliphatic heterocycles. The third-order valence-electron chi connectivity index (χ3n) is 6.56. The van der Waals surface area contributed by atoms with Crippen molar-refractivity contribution in [2.75, 3.05) is 50.1 Å². The second kappa shape index (κ2) is 13.5. The van der Waals surface area contributed by atoms with Gasteiger partial charge < -0.3 is 20.2 Å². The van der Waals surface area contributed by atoms with Gasteiger partial charge in [-0.3, -0.25) is 14.8 Å². The Kier molecular flexibility index (Phi) is 9.86. The number of phenolic OH excluding ortho intramolecular Hbond substituents is 1. The lowest BCUT2D eigenvalue weighted by Crippen LogP contribution is -2.43. The van der Waals surface area contributed by atoms with Crippen molar-refractivity contribution in [3.63, 3.8) is 0 Å². The molecule has 3 N–H and O–H groups in total. The predicted octanol–water partition coefficient (Wildman–Crippen LogP) is 6.22. The van der Waals surface area contributed by atoms with E-state index in [1.807, 2.05) is 26.2 Å². The van der Waals surface area contributed by atoms with Crippen molar-refractivity contribution >= 4 is 40.3 Å². The highest BCUT2D eigenvalue weighted by molar-refractivity contribution is 6.34. The molecule has 216 valence electrons. The van der Waals surface area contributed by atoms with E-state index < -0.39 is 5.82 Å². The average Bonchev–Trinajstić information content (AvgIpc) is 3.44. The van der Waals surface area contributed by atoms with Gasteiger partial charge in [0.1, 0.15) is 11.6 Å². The number of fused-ring (bicyclic) bond motifs is 1. The van der Waals surface area contributed by atoms with Gasteiger partial charge in [0.2, 0.25) is 6.41 Å². The minimum Gasteiger partial charge on any atom is -0.507 e. The van der Waals surface area contributed by atoms with Crippen molar-refractivity contribution < 1.29 is 14.3 Å². The average molecular weight is 579 g/mol. The summed E-state index contributed by atoms with van der Waals surface area (Å²) in [5, 5.41) is 23.2. The second-order valence-electron chi connectivity index (χ2n) is 10.1. The summed E-state index contributed by atoms with van der Waals surface area (Å²) in [6, 6.07) is 11.4. The number of rotatable bonds is 7. The molecule has 0 radical (unpaired) electrons. The summed E-state index contributed by atoms with van der Waals surface area (Å²) in [5.41, 5.74) is 4.07. The third-order valence-corrected chi connectivity index (χ3v) is 6.86. The topological polar surface area (TPSA) is 87.7 Å². The number of aromatic hydroxyl groups is 1. The number of H-pyrrole nitrogens is 1. The first kappa shape index (κ1) is 29.9. The van der Waals surface area contributed by atoms with E-state index in [4.69, 9.17) is 11.6 Å². The first-order valence-corrected chi connectivity index (χ1v) is 14.0. The highest BCUT2D eigenvalue weighted by Gasteiger charge is 2.20. The molecule has 0 bridgehead atoms. The molecule has 10 heteroatoms. The molecule has 1 aromatic heterocycles. The summed E-state index contributed by atoms with van der Waals surface area (Å²) < 4.78 is 15.0. The minimum absolute atomic E-state index is 0.0694. The van der Waals surface area contributed by atoms with Crippen LogP contribution in [0, 0.1) is 5.82 Å². The molecular weight excluding hydrogens is 543 g/mol. The molecule has 0 atom stereocenters. The highest BCUT2D eigenvalue weighted by Crippen LogP contribution is 2.43. The third kappa shape index (κ3) is 6.81. The van der Waals surface area contributed by atoms with Crippen molar-refractivity contribution in [2.45, 2.75) is 20.3 Å². The Morgan fingerprint density at radius 3 is 2.37 bits per heavy atom. The van der Waals surface area contributed by atoms with Crippen molar-refractivity contribution in [1.29, 1.82) is 0 Å². The fourth-order valence-corrected chi connectivity index (χ4v) is 4.93. The molecule has 0 unspecified atom stereocenters. The van der Waals surface area contributed by atoms with Crippen molar-refractivity contribution in [3.05, 3.63) is 71.9 Å². The van der Waals surface area contributed by atoms with Gasteiger partial charge in [0.25, 0.3) is 0 Å². The first-order chi connectivity index (χ1) is 19.8. The fraction of sp³-hybridized carbons (Fsp3) is 0.290. The number of carbonyl (C=O) groups is 1. The number of nitrogens with one attached hydrogen (secondary N) is 2. The van der Waals surface area contributed by atoms with Gasteiger partial charge in [-0.1, -0.05) is 37.9 Å². The summed E-state index contributed by atoms with van der Waals surface area (Å²) >= 11 is 6.53. The Balaban J connectivity index is 0.00000124. The van der Waals surface area contributed by atoms with Crippen LogP contribution in [0.2, 0.25) is 5.02 Å². The van der Waals surface area contributed by atoms with Crippen molar-refractivity contribution in [3.8, 4) is 28.0 Å². The van der Waals surface area contributed by atoms with Crippen LogP contribution in [0.1, 0.15) is 20.3 Å². The van der Waals surface area contributed by atoms with Gasteiger partial charge in [0.15, 0.2) is 0 Å². The Bertz CT molecular complexity index is 1530. The zero-order valence-electron chi connectivity index (χ0n) is 23.8. The zero-order chi connectivity index (χ0) is 29.5. The molecule has 2 heterocycles. The number of benzene rings is 3. The van der Waals surface area contributed by atoms with E-state index in [0.717, 1.165) is 42.8 Å². The largest absolute Gasteiger partial charge is 0.507 e. The van der Waals surface area contributed by atoms with Crippen LogP contribution in [0.25, 0.3) is 33.2 Å². The van der Waals surface area contributed by atoms with E-state index >= 15 is 0 Å². The van der Waals surface area contributed by atoms with Gasteiger partial charge in [-0.15, -0.1) is 0 Å². The summed E-state index contributed by atoms with van der Waals surface area (Å²) in [6.07, 6.45) is 7.00. The van der Waals surface area contributed by atoms with E-state index in [1.165, 1.54) is 23.5 Å². The Morgan fingerprint density at radius 1 is 1.05 bits per heavy atom. The van der Waals surface area contributed by atoms with Gasteiger partial charge in [-0.2, -0.15) is 5.10 Å². The van der Waals surface area contributed by atoms with Gasteiger partial charge in [-0.05, 0) is 47.5 Å². The van der Waals surface area contributed by atoms with Crippen LogP contribution in [0.5, 0.6) is 5.75 Å². The van der Waals surface area contributed by atoms with Gasteiger partial charge in [0, 0.05) is 74.9 Å². The Morgan fingerprint density at radius 2 is 1.73 bits per heavy atom. The monoisotopic (exact) mass is 578 g/mol. The Hall–Kier alpha value is -4.08. The quantitative estimate of drug-likeness (QED) is 0.226. The molecule has 5 rings (SSSR count). The normalized spacial score (nSPS) is 13.3. The van der Waals surface area contributed by atoms with Gasteiger partial charge in [0.05, 0.1) is 22.4 Å². The lowest BCUT2D eigenvalue weighted by molar-refractivity contribution is -0.106. The number of phenols is 1. The maximum absolute atomic E-state index is 15.0. The van der Waals surface area contributed by atoms with Crippen LogP contribution >= 0.6 is 11.6 Å². The number of aromatic nitrogens is 2. The number of carbonyl (C=O) groups excluding carboxylic acids is 1. The number of amides is 1. The minimum atomic E-state index is -0.495. The molecule has 1 amide bonds. The van der Waals surface area contributed by atoms with Crippen LogP contribution in [0.4, 0.5) is 15.8 Å². The number of piperazine rings is 1. The van der Waals surface area contributed by atoms with Crippen LogP contribution in [-0.4, -0.2) is 66.9 Å². The fourth-order valence-electron chi connectivity index (χ4n) is 4.66. The van der Waals surface area contributed by atoms with Crippen molar-refractivity contribution in [2.24, 2.45) is 0 Å². The van der Waals surface area contributed by atoms with Crippen LogP contribution in [0.3, 0.4) is 0 Å². The lowest BCUT2D eigenvalue weighted by atomic mass is 9.95. The molecule has 1 fully saturated rings. The van der Waals surface area contributed by atoms with Crippen LogP contribution in [0.15, 0.2) is 61.1 Å². The maximum atomic E-state index is 15.0. The smallest absolute Gasteiger partial charge is 0.218 e. The molecule has 3 aromatic carbocycles. The van der Waals surface area contributed by atoms with E-state index in [0.29, 0.717) is 34.4 Å². The molecule has 0 spiro atoms. The summed E-state index contributed by atoms with van der Waals surface area (Å²) in [4.78, 5) is 17.0. The molecule has 1 aliphatic rings. The molecule has 8 nitrogen and oxygen atoms in total. The number of nitrogens with zero attached hydrogens (tertiary/aromatic N) is 4. The van der Waals surface area contributed by atoms with E-state index in [2.05, 4.69) is 34.3 Å². The zero-order valence-corrected chi connectivity index (χ0v) is 24.5. The molecule has 1 saturated heterocycles. The van der Waals surface area contributed by atoms with Gasteiger partial charge >= 0.3 is 0 Å². The Labute approximate surface area is 245 Å². The molecule has 41 heavy (non-hydrogen) atoms. The number of anilines is 2.